The number of aromatic amines is 1. The molecule has 1 aliphatic carbocycles. The van der Waals surface area contributed by atoms with E-state index in [0.717, 1.165) is 38.5 Å². The largest absolute Gasteiger partial charge is 0.334 e. The number of hydrogen-bond acceptors (Lipinski definition) is 4. The van der Waals surface area contributed by atoms with Crippen LogP contribution >= 0.6 is 0 Å². The molecule has 1 aromatic carbocycles. The lowest BCUT2D eigenvalue weighted by molar-refractivity contribution is -0.136. The Morgan fingerprint density at radius 3 is 2.53 bits per heavy atom. The van der Waals surface area contributed by atoms with Gasteiger partial charge in [-0.1, -0.05) is 12.8 Å². The fraction of sp³-hybridized carbons (Fsp3) is 0.500. The van der Waals surface area contributed by atoms with E-state index in [1.165, 1.54) is 24.3 Å². The van der Waals surface area contributed by atoms with Crippen molar-refractivity contribution in [3.05, 3.63) is 63.1 Å². The van der Waals surface area contributed by atoms with Crippen molar-refractivity contribution in [3.63, 3.8) is 0 Å². The van der Waals surface area contributed by atoms with Crippen molar-refractivity contribution in [2.24, 2.45) is 5.92 Å². The van der Waals surface area contributed by atoms with Crippen molar-refractivity contribution in [1.82, 2.24) is 19.8 Å². The molecule has 2 amide bonds. The van der Waals surface area contributed by atoms with Crippen LogP contribution in [-0.4, -0.2) is 44.7 Å². The maximum atomic E-state index is 13.2. The lowest BCUT2D eigenvalue weighted by Gasteiger charge is -2.30. The standard InChI is InChI=1S/C24H27FN4O3/c25-17-9-7-16(8-10-17)23(31)28-13-11-19-18(14-28)22(30)27-21(26-19)20-6-3-12-29(20)24(32)15-4-1-2-5-15/h7-10,15,20H,1-6,11-14H2,(H,26,27,30)/t20-/m0/s1. The lowest BCUT2D eigenvalue weighted by atomic mass is 10.0. The quantitative estimate of drug-likeness (QED) is 0.798. The molecule has 0 unspecified atom stereocenters. The maximum Gasteiger partial charge on any atom is 0.256 e. The molecule has 0 bridgehead atoms. The minimum absolute atomic E-state index is 0.103. The third-order valence-corrected chi connectivity index (χ3v) is 7.02. The molecule has 3 heterocycles. The van der Waals surface area contributed by atoms with E-state index in [4.69, 9.17) is 4.98 Å². The van der Waals surface area contributed by atoms with Crippen LogP contribution in [-0.2, 0) is 17.8 Å². The lowest BCUT2D eigenvalue weighted by Crippen LogP contribution is -2.41. The number of H-pyrrole nitrogens is 1. The molecule has 5 rings (SSSR count). The Kier molecular flexibility index (Phi) is 5.53. The summed E-state index contributed by atoms with van der Waals surface area (Å²) in [6.45, 7) is 1.32. The topological polar surface area (TPSA) is 86.4 Å². The third kappa shape index (κ3) is 3.82. The highest BCUT2D eigenvalue weighted by Gasteiger charge is 2.37. The Labute approximate surface area is 185 Å². The average Bonchev–Trinajstić information content (AvgIpc) is 3.51. The third-order valence-electron chi connectivity index (χ3n) is 7.02. The maximum absolute atomic E-state index is 13.2. The second-order valence-electron chi connectivity index (χ2n) is 9.03. The molecule has 2 fully saturated rings. The van der Waals surface area contributed by atoms with Gasteiger partial charge in [0, 0.05) is 31.0 Å². The molecule has 168 valence electrons. The first-order valence-corrected chi connectivity index (χ1v) is 11.5. The van der Waals surface area contributed by atoms with Crippen LogP contribution in [0.25, 0.3) is 0 Å². The minimum Gasteiger partial charge on any atom is -0.334 e. The zero-order chi connectivity index (χ0) is 22.2. The zero-order valence-electron chi connectivity index (χ0n) is 18.0. The van der Waals surface area contributed by atoms with Crippen molar-refractivity contribution in [2.45, 2.75) is 57.5 Å². The van der Waals surface area contributed by atoms with Gasteiger partial charge in [0.2, 0.25) is 5.91 Å². The number of nitrogens with one attached hydrogen (secondary N) is 1. The van der Waals surface area contributed by atoms with Crippen LogP contribution in [0, 0.1) is 11.7 Å². The summed E-state index contributed by atoms with van der Waals surface area (Å²) >= 11 is 0. The summed E-state index contributed by atoms with van der Waals surface area (Å²) in [6.07, 6.45) is 6.30. The number of halogens is 1. The van der Waals surface area contributed by atoms with Gasteiger partial charge in [-0.15, -0.1) is 0 Å². The van der Waals surface area contributed by atoms with Crippen molar-refractivity contribution in [3.8, 4) is 0 Å². The van der Waals surface area contributed by atoms with E-state index < -0.39 is 5.82 Å². The summed E-state index contributed by atoms with van der Waals surface area (Å²) in [4.78, 5) is 49.9. The summed E-state index contributed by atoms with van der Waals surface area (Å²) in [6, 6.07) is 5.24. The van der Waals surface area contributed by atoms with Crippen LogP contribution in [0.4, 0.5) is 4.39 Å². The van der Waals surface area contributed by atoms with E-state index in [-0.39, 0.29) is 35.9 Å². The van der Waals surface area contributed by atoms with Gasteiger partial charge in [0.05, 0.1) is 23.8 Å². The number of benzene rings is 1. The van der Waals surface area contributed by atoms with Gasteiger partial charge in [-0.2, -0.15) is 0 Å². The number of carbonyl (C=O) groups excluding carboxylic acids is 2. The van der Waals surface area contributed by atoms with Crippen LogP contribution in [0.5, 0.6) is 0 Å². The van der Waals surface area contributed by atoms with Crippen molar-refractivity contribution < 1.29 is 14.0 Å². The van der Waals surface area contributed by atoms with E-state index in [1.807, 2.05) is 4.90 Å². The average molecular weight is 439 g/mol. The highest BCUT2D eigenvalue weighted by molar-refractivity contribution is 5.94. The number of fused-ring (bicyclic) bond motifs is 1. The molecule has 1 saturated heterocycles. The van der Waals surface area contributed by atoms with E-state index in [1.54, 1.807) is 4.90 Å². The second kappa shape index (κ2) is 8.48. The first-order valence-electron chi connectivity index (χ1n) is 11.5. The monoisotopic (exact) mass is 438 g/mol. The normalized spacial score (nSPS) is 21.1. The highest BCUT2D eigenvalue weighted by atomic mass is 19.1. The van der Waals surface area contributed by atoms with E-state index in [9.17, 15) is 18.8 Å². The SMILES string of the molecule is O=C(c1ccc(F)cc1)N1CCc2nc([C@@H]3CCCN3C(=O)C3CCCC3)[nH]c(=O)c2C1. The van der Waals surface area contributed by atoms with Gasteiger partial charge in [-0.3, -0.25) is 14.4 Å². The predicted octanol–water partition coefficient (Wildman–Crippen LogP) is 2.96. The molecule has 1 atom stereocenters. The van der Waals surface area contributed by atoms with Gasteiger partial charge in [-0.25, -0.2) is 9.37 Å². The number of nitrogens with zero attached hydrogens (tertiary/aromatic N) is 3. The van der Waals surface area contributed by atoms with Gasteiger partial charge in [-0.05, 0) is 49.9 Å². The van der Waals surface area contributed by atoms with E-state index >= 15 is 0 Å². The summed E-state index contributed by atoms with van der Waals surface area (Å²) < 4.78 is 13.2. The smallest absolute Gasteiger partial charge is 0.256 e. The van der Waals surface area contributed by atoms with Gasteiger partial charge in [0.1, 0.15) is 11.6 Å². The minimum atomic E-state index is -0.397. The number of hydrogen-bond donors (Lipinski definition) is 1. The number of aromatic nitrogens is 2. The van der Waals surface area contributed by atoms with Gasteiger partial charge in [0.15, 0.2) is 0 Å². The Hall–Kier alpha value is -3.03. The molecule has 1 saturated carbocycles. The first-order chi connectivity index (χ1) is 15.5. The van der Waals surface area contributed by atoms with Crippen LogP contribution < -0.4 is 5.56 Å². The summed E-state index contributed by atoms with van der Waals surface area (Å²) in [5, 5.41) is 0. The van der Waals surface area contributed by atoms with Crippen LogP contribution in [0.15, 0.2) is 29.1 Å². The van der Waals surface area contributed by atoms with Crippen LogP contribution in [0.2, 0.25) is 0 Å². The molecule has 1 N–H and O–H groups in total. The van der Waals surface area contributed by atoms with Crippen molar-refractivity contribution in [1.29, 1.82) is 0 Å². The molecule has 32 heavy (non-hydrogen) atoms. The van der Waals surface area contributed by atoms with Crippen LogP contribution in [0.1, 0.15) is 72.0 Å². The van der Waals surface area contributed by atoms with E-state index in [0.29, 0.717) is 42.2 Å². The first kappa shape index (κ1) is 20.8. The Balaban J connectivity index is 1.36. The highest BCUT2D eigenvalue weighted by Crippen LogP contribution is 2.35. The molecule has 3 aliphatic rings. The fourth-order valence-corrected chi connectivity index (χ4v) is 5.27. The number of likely N-dealkylation sites (tertiary alicyclic amines) is 1. The summed E-state index contributed by atoms with van der Waals surface area (Å²) in [5.74, 6) is 0.234. The Morgan fingerprint density at radius 1 is 1.03 bits per heavy atom. The molecular weight excluding hydrogens is 411 g/mol. The molecule has 0 radical (unpaired) electrons. The molecule has 1 aromatic heterocycles. The van der Waals surface area contributed by atoms with Gasteiger partial charge in [0.25, 0.3) is 11.5 Å². The van der Waals surface area contributed by atoms with Crippen LogP contribution in [0.3, 0.4) is 0 Å². The Bertz CT molecular complexity index is 1090. The van der Waals surface area contributed by atoms with Gasteiger partial charge < -0.3 is 14.8 Å². The summed E-state index contributed by atoms with van der Waals surface area (Å²) in [7, 11) is 0. The predicted molar refractivity (Wildman–Crippen MR) is 115 cm³/mol. The zero-order valence-corrected chi connectivity index (χ0v) is 18.0. The summed E-state index contributed by atoms with van der Waals surface area (Å²) in [5.41, 5.74) is 1.33. The second-order valence-corrected chi connectivity index (χ2v) is 9.03. The number of carbonyl (C=O) groups is 2. The van der Waals surface area contributed by atoms with Crippen molar-refractivity contribution >= 4 is 11.8 Å². The number of rotatable bonds is 3. The molecule has 0 spiro atoms. The van der Waals surface area contributed by atoms with Crippen molar-refractivity contribution in [2.75, 3.05) is 13.1 Å². The fourth-order valence-electron chi connectivity index (χ4n) is 5.27. The molecular formula is C24H27FN4O3. The number of amides is 2. The molecule has 2 aliphatic heterocycles. The molecule has 8 heteroatoms. The Morgan fingerprint density at radius 2 is 1.78 bits per heavy atom. The van der Waals surface area contributed by atoms with Gasteiger partial charge >= 0.3 is 0 Å². The van der Waals surface area contributed by atoms with E-state index in [2.05, 4.69) is 4.98 Å². The molecule has 2 aromatic rings. The molecule has 7 nitrogen and oxygen atoms in total.